The third-order valence-electron chi connectivity index (χ3n) is 4.46. The second-order valence-electron chi connectivity index (χ2n) is 5.75. The van der Waals surface area contributed by atoms with Crippen molar-refractivity contribution in [1.82, 2.24) is 4.90 Å². The maximum absolute atomic E-state index is 12.7. The topological polar surface area (TPSA) is 46.6 Å². The van der Waals surface area contributed by atoms with Gasteiger partial charge in [0.05, 0.1) is 7.11 Å². The van der Waals surface area contributed by atoms with Crippen molar-refractivity contribution in [2.24, 2.45) is 5.92 Å². The molecule has 0 radical (unpaired) electrons. The van der Waals surface area contributed by atoms with Crippen LogP contribution in [0.2, 0.25) is 0 Å². The maximum atomic E-state index is 12.7. The number of likely N-dealkylation sites (tertiary alicyclic amines) is 1. The summed E-state index contributed by atoms with van der Waals surface area (Å²) in [4.78, 5) is 26.3. The molecule has 0 aromatic heterocycles. The van der Waals surface area contributed by atoms with E-state index in [4.69, 9.17) is 4.74 Å². The molecule has 1 saturated carbocycles. The van der Waals surface area contributed by atoms with Gasteiger partial charge < -0.3 is 9.64 Å². The molecule has 1 heterocycles. The molecule has 0 bridgehead atoms. The van der Waals surface area contributed by atoms with Crippen LogP contribution in [0.1, 0.15) is 57.8 Å². The Bertz CT molecular complexity index is 321. The summed E-state index contributed by atoms with van der Waals surface area (Å²) in [6.45, 7) is 0.717. The summed E-state index contributed by atoms with van der Waals surface area (Å²) in [5.74, 6) is 0.0754. The van der Waals surface area contributed by atoms with E-state index in [9.17, 15) is 9.59 Å². The van der Waals surface area contributed by atoms with Gasteiger partial charge in [-0.25, -0.2) is 4.79 Å². The molecule has 0 aromatic rings. The lowest BCUT2D eigenvalue weighted by atomic mass is 9.94. The maximum Gasteiger partial charge on any atom is 0.328 e. The predicted octanol–water partition coefficient (Wildman–Crippen LogP) is 2.51. The van der Waals surface area contributed by atoms with E-state index in [0.717, 1.165) is 51.5 Å². The number of hydrogen-bond acceptors (Lipinski definition) is 3. The Balaban J connectivity index is 2.03. The van der Waals surface area contributed by atoms with Crippen LogP contribution in [-0.4, -0.2) is 36.5 Å². The van der Waals surface area contributed by atoms with Crippen molar-refractivity contribution in [2.75, 3.05) is 13.7 Å². The Kier molecular flexibility index (Phi) is 5.23. The first-order valence-electron chi connectivity index (χ1n) is 7.62. The van der Waals surface area contributed by atoms with Crippen LogP contribution < -0.4 is 0 Å². The van der Waals surface area contributed by atoms with Gasteiger partial charge in [-0.05, 0) is 32.1 Å². The van der Waals surface area contributed by atoms with E-state index in [1.54, 1.807) is 4.90 Å². The van der Waals surface area contributed by atoms with Crippen LogP contribution in [0.15, 0.2) is 0 Å². The van der Waals surface area contributed by atoms with Crippen molar-refractivity contribution in [1.29, 1.82) is 0 Å². The first kappa shape index (κ1) is 14.4. The zero-order valence-corrected chi connectivity index (χ0v) is 11.9. The molecule has 1 saturated heterocycles. The largest absolute Gasteiger partial charge is 0.467 e. The number of hydrogen-bond donors (Lipinski definition) is 0. The summed E-state index contributed by atoms with van der Waals surface area (Å²) in [6.07, 6.45) is 9.52. The summed E-state index contributed by atoms with van der Waals surface area (Å²) in [7, 11) is 1.41. The molecule has 0 N–H and O–H groups in total. The Morgan fingerprint density at radius 2 is 1.58 bits per heavy atom. The van der Waals surface area contributed by atoms with Crippen molar-refractivity contribution in [3.8, 4) is 0 Å². The van der Waals surface area contributed by atoms with Gasteiger partial charge in [-0.2, -0.15) is 0 Å². The van der Waals surface area contributed by atoms with Gasteiger partial charge in [0, 0.05) is 12.5 Å². The second kappa shape index (κ2) is 6.92. The normalized spacial score (nSPS) is 25.7. The summed E-state index contributed by atoms with van der Waals surface area (Å²) in [6, 6.07) is -0.338. The zero-order chi connectivity index (χ0) is 13.7. The van der Waals surface area contributed by atoms with Gasteiger partial charge in [0.15, 0.2) is 0 Å². The molecule has 1 amide bonds. The molecule has 2 aliphatic rings. The molecule has 2 fully saturated rings. The zero-order valence-electron chi connectivity index (χ0n) is 11.9. The Morgan fingerprint density at radius 1 is 0.947 bits per heavy atom. The monoisotopic (exact) mass is 267 g/mol. The minimum Gasteiger partial charge on any atom is -0.467 e. The van der Waals surface area contributed by atoms with Crippen molar-refractivity contribution in [2.45, 2.75) is 63.8 Å². The lowest BCUT2D eigenvalue weighted by Crippen LogP contribution is -2.50. The minimum absolute atomic E-state index is 0.132. The highest BCUT2D eigenvalue weighted by Gasteiger charge is 2.35. The number of nitrogens with zero attached hydrogens (tertiary/aromatic N) is 1. The van der Waals surface area contributed by atoms with Crippen LogP contribution in [0, 0.1) is 5.92 Å². The molecule has 108 valence electrons. The average Bonchev–Trinajstić information content (AvgIpc) is 2.74. The highest BCUT2D eigenvalue weighted by molar-refractivity contribution is 5.86. The standard InChI is InChI=1S/C15H25NO3/c1-19-15(18)13-10-6-7-11-16(13)14(17)12-8-4-2-3-5-9-12/h12-13H,2-11H2,1H3/t13-/m1/s1. The molecule has 0 spiro atoms. The molecule has 4 nitrogen and oxygen atoms in total. The summed E-state index contributed by atoms with van der Waals surface area (Å²) >= 11 is 0. The van der Waals surface area contributed by atoms with Crippen LogP contribution >= 0.6 is 0 Å². The molecular weight excluding hydrogens is 242 g/mol. The van der Waals surface area contributed by atoms with Gasteiger partial charge in [0.25, 0.3) is 0 Å². The minimum atomic E-state index is -0.338. The number of ether oxygens (including phenoxy) is 1. The highest BCUT2D eigenvalue weighted by atomic mass is 16.5. The molecule has 1 aliphatic carbocycles. The number of carbonyl (C=O) groups is 2. The predicted molar refractivity (Wildman–Crippen MR) is 72.6 cm³/mol. The third kappa shape index (κ3) is 3.48. The number of esters is 1. The molecule has 1 aliphatic heterocycles. The number of amides is 1. The fourth-order valence-electron chi connectivity index (χ4n) is 3.34. The Labute approximate surface area is 115 Å². The number of rotatable bonds is 2. The van der Waals surface area contributed by atoms with Crippen LogP contribution in [0.25, 0.3) is 0 Å². The lowest BCUT2D eigenvalue weighted by molar-refractivity contribution is -0.156. The van der Waals surface area contributed by atoms with Crippen molar-refractivity contribution in [3.63, 3.8) is 0 Å². The van der Waals surface area contributed by atoms with Crippen LogP contribution in [0.5, 0.6) is 0 Å². The number of piperidine rings is 1. The van der Waals surface area contributed by atoms with Crippen molar-refractivity contribution < 1.29 is 14.3 Å². The summed E-state index contributed by atoms with van der Waals surface area (Å²) in [5.41, 5.74) is 0. The van der Waals surface area contributed by atoms with Crippen molar-refractivity contribution in [3.05, 3.63) is 0 Å². The summed E-state index contributed by atoms with van der Waals surface area (Å²) in [5, 5.41) is 0. The number of methoxy groups -OCH3 is 1. The molecular formula is C15H25NO3. The first-order valence-corrected chi connectivity index (χ1v) is 7.62. The fourth-order valence-corrected chi connectivity index (χ4v) is 3.34. The summed E-state index contributed by atoms with van der Waals surface area (Å²) < 4.78 is 4.85. The molecule has 4 heteroatoms. The van der Waals surface area contributed by atoms with Gasteiger partial charge in [-0.3, -0.25) is 4.79 Å². The van der Waals surface area contributed by atoms with Gasteiger partial charge >= 0.3 is 5.97 Å². The Morgan fingerprint density at radius 3 is 2.21 bits per heavy atom. The number of carbonyl (C=O) groups excluding carboxylic acids is 2. The van der Waals surface area contributed by atoms with Gasteiger partial charge in [0.1, 0.15) is 6.04 Å². The van der Waals surface area contributed by atoms with Gasteiger partial charge in [0.2, 0.25) is 5.91 Å². The van der Waals surface area contributed by atoms with E-state index < -0.39 is 0 Å². The van der Waals surface area contributed by atoms with Crippen LogP contribution in [-0.2, 0) is 14.3 Å². The molecule has 19 heavy (non-hydrogen) atoms. The Hall–Kier alpha value is -1.06. The smallest absolute Gasteiger partial charge is 0.328 e. The van der Waals surface area contributed by atoms with E-state index >= 15 is 0 Å². The SMILES string of the molecule is COC(=O)[C@H]1CCCCN1C(=O)C1CCCCCC1. The molecule has 0 unspecified atom stereocenters. The van der Waals surface area contributed by atoms with E-state index in [1.165, 1.54) is 20.0 Å². The van der Waals surface area contributed by atoms with E-state index in [1.807, 2.05) is 0 Å². The van der Waals surface area contributed by atoms with Gasteiger partial charge in [-0.1, -0.05) is 25.7 Å². The van der Waals surface area contributed by atoms with Crippen molar-refractivity contribution >= 4 is 11.9 Å². The molecule has 2 rings (SSSR count). The van der Waals surface area contributed by atoms with Crippen LogP contribution in [0.4, 0.5) is 0 Å². The second-order valence-corrected chi connectivity index (χ2v) is 5.75. The van der Waals surface area contributed by atoms with E-state index in [2.05, 4.69) is 0 Å². The van der Waals surface area contributed by atoms with E-state index in [0.29, 0.717) is 0 Å². The lowest BCUT2D eigenvalue weighted by Gasteiger charge is -2.36. The third-order valence-corrected chi connectivity index (χ3v) is 4.46. The average molecular weight is 267 g/mol. The highest BCUT2D eigenvalue weighted by Crippen LogP contribution is 2.28. The molecule has 0 aromatic carbocycles. The quantitative estimate of drug-likeness (QED) is 0.570. The van der Waals surface area contributed by atoms with Crippen LogP contribution in [0.3, 0.4) is 0 Å². The van der Waals surface area contributed by atoms with Gasteiger partial charge in [-0.15, -0.1) is 0 Å². The fraction of sp³-hybridized carbons (Fsp3) is 0.867. The molecule has 1 atom stereocenters. The van der Waals surface area contributed by atoms with E-state index in [-0.39, 0.29) is 23.8 Å². The first-order chi connectivity index (χ1) is 9.24.